The number of halogens is 2. The van der Waals surface area contributed by atoms with Gasteiger partial charge in [-0.15, -0.1) is 0 Å². The van der Waals surface area contributed by atoms with E-state index in [2.05, 4.69) is 29.9 Å². The van der Waals surface area contributed by atoms with Crippen molar-refractivity contribution >= 4 is 69.6 Å². The van der Waals surface area contributed by atoms with Gasteiger partial charge in [0.1, 0.15) is 37.1 Å². The van der Waals surface area contributed by atoms with Crippen LogP contribution in [0.15, 0.2) is 122 Å². The number of imidazole rings is 2. The van der Waals surface area contributed by atoms with Crippen LogP contribution in [-0.2, 0) is 28.8 Å². The third kappa shape index (κ3) is 9.17. The predicted octanol–water partition coefficient (Wildman–Crippen LogP) is 5.71. The Hall–Kier alpha value is -6.96. The van der Waals surface area contributed by atoms with Crippen LogP contribution in [0.3, 0.4) is 0 Å². The Bertz CT molecular complexity index is 3200. The maximum Gasteiger partial charge on any atom is 0.390 e. The SMILES string of the molecule is O=C(c1ccccc1)N1C/C=C/CN(C(=O)c2ccccc2)c2ncnc3c2ncn3[C@@H]2O[C@H](CO)[C@@H](O[P@@](=O)(SCc3ccccc3[N+](=O)[O-])OC[C@H]3OC([C@H](F)[C@@H]3O)n3cnc4c1ncnc43)[C@H]2F. The zero-order valence-corrected chi connectivity index (χ0v) is 38.5. The molecule has 7 aromatic rings. The fourth-order valence-corrected chi connectivity index (χ4v) is 11.8. The number of amides is 2. The van der Waals surface area contributed by atoms with Crippen LogP contribution < -0.4 is 9.80 Å². The number of aromatic nitrogens is 8. The van der Waals surface area contributed by atoms with Crippen molar-refractivity contribution in [3.8, 4) is 0 Å². The Kier molecular flexibility index (Phi) is 13.5. The van der Waals surface area contributed by atoms with Gasteiger partial charge in [0.25, 0.3) is 17.5 Å². The average Bonchev–Trinajstić information content (AvgIpc) is 4.17. The van der Waals surface area contributed by atoms with E-state index in [1.165, 1.54) is 55.9 Å². The largest absolute Gasteiger partial charge is 0.394 e. The Labute approximate surface area is 404 Å². The lowest BCUT2D eigenvalue weighted by Gasteiger charge is -2.26. The first-order chi connectivity index (χ1) is 34.4. The fourth-order valence-electron chi connectivity index (χ4n) is 8.44. The van der Waals surface area contributed by atoms with E-state index in [0.717, 1.165) is 12.7 Å². The zero-order chi connectivity index (χ0) is 49.4. The minimum absolute atomic E-state index is 0.00130. The molecule has 0 spiro atoms. The number of carbonyl (C=O) groups excluding carboxylic acids is 2. The standard InChI is InChI=1S/C45H40F2N11O11PS/c46-32-36(60)31-20-66-70(65,71-21-28-15-7-8-16-29(28)58(63)64)69-37-30(19-59)67-45(33(37)47)57-25-53-35-39(49-23-51-41(35)57)55(43(62)27-13-5-2-6-14-27)18-10-9-17-54(42(61)26-11-3-1-4-12-26)38-34-40(50-22-48-38)56(24-52-34)44(32)68-31/h1-16,22-25,30-33,36-37,44-45,59-60H,17-21H2/b10-9+/t30-,31-,32-,33-,36-,37-,44?,45-,70+/m1/s1. The van der Waals surface area contributed by atoms with Gasteiger partial charge in [-0.3, -0.25) is 47.7 Å². The number of hydrogen-bond acceptors (Lipinski definition) is 18. The van der Waals surface area contributed by atoms with E-state index in [1.807, 2.05) is 0 Å². The van der Waals surface area contributed by atoms with Gasteiger partial charge >= 0.3 is 6.80 Å². The predicted molar refractivity (Wildman–Crippen MR) is 250 cm³/mol. The molecule has 2 N–H and O–H groups in total. The summed E-state index contributed by atoms with van der Waals surface area (Å²) in [5, 5.41) is 33.7. The number of ether oxygens (including phenoxy) is 2. The fraction of sp³-hybridized carbons (Fsp3) is 0.289. The van der Waals surface area contributed by atoms with Gasteiger partial charge < -0.3 is 19.7 Å². The Morgan fingerprint density at radius 3 is 1.85 bits per heavy atom. The zero-order valence-electron chi connectivity index (χ0n) is 36.8. The van der Waals surface area contributed by atoms with Crippen LogP contribution >= 0.6 is 18.2 Å². The summed E-state index contributed by atoms with van der Waals surface area (Å²) in [6.45, 7) is -6.75. The molecule has 4 aromatic heterocycles. The highest BCUT2D eigenvalue weighted by atomic mass is 32.7. The van der Waals surface area contributed by atoms with Crippen molar-refractivity contribution in [3.05, 3.63) is 149 Å². The van der Waals surface area contributed by atoms with Crippen molar-refractivity contribution in [2.24, 2.45) is 0 Å². The summed E-state index contributed by atoms with van der Waals surface area (Å²) in [6, 6.07) is 22.2. The number of para-hydroxylation sites is 1. The van der Waals surface area contributed by atoms with Crippen LogP contribution in [0.4, 0.5) is 26.1 Å². The van der Waals surface area contributed by atoms with Gasteiger partial charge in [0.15, 0.2) is 58.8 Å². The molecule has 3 aliphatic rings. The smallest absolute Gasteiger partial charge is 0.390 e. The summed E-state index contributed by atoms with van der Waals surface area (Å²) in [5.41, 5.74) is 0.412. The van der Waals surface area contributed by atoms with Crippen molar-refractivity contribution in [2.75, 3.05) is 36.1 Å². The number of nitro benzene ring substituents is 1. The lowest BCUT2D eigenvalue weighted by Crippen LogP contribution is -2.34. The molecule has 1 unspecified atom stereocenters. The van der Waals surface area contributed by atoms with Crippen LogP contribution in [0.25, 0.3) is 22.3 Å². The summed E-state index contributed by atoms with van der Waals surface area (Å²) in [4.78, 5) is 69.1. The number of alkyl halides is 2. The molecule has 26 heteroatoms. The Balaban J connectivity index is 1.08. The number of aliphatic hydroxyl groups excluding tert-OH is 2. The number of hydrogen-bond donors (Lipinski definition) is 2. The first-order valence-corrected chi connectivity index (χ1v) is 25.0. The first-order valence-electron chi connectivity index (χ1n) is 21.9. The summed E-state index contributed by atoms with van der Waals surface area (Å²) >= 11 is 0.443. The van der Waals surface area contributed by atoms with Gasteiger partial charge in [0.05, 0.1) is 30.8 Å². The average molecular weight is 1010 g/mol. The number of fused-ring (bicyclic) bond motifs is 6. The number of anilines is 2. The van der Waals surface area contributed by atoms with E-state index in [0.29, 0.717) is 11.4 Å². The van der Waals surface area contributed by atoms with Crippen molar-refractivity contribution < 1.29 is 56.6 Å². The number of aliphatic hydroxyl groups is 2. The summed E-state index contributed by atoms with van der Waals surface area (Å²) in [5.74, 6) is -1.36. The molecule has 0 radical (unpaired) electrons. The van der Waals surface area contributed by atoms with Gasteiger partial charge in [-0.05, 0) is 35.6 Å². The molecule has 0 aliphatic carbocycles. The Morgan fingerprint density at radius 1 is 0.761 bits per heavy atom. The normalized spacial score (nSPS) is 26.5. The molecule has 2 amide bonds. The molecule has 0 saturated carbocycles. The van der Waals surface area contributed by atoms with Crippen LogP contribution in [0.1, 0.15) is 38.7 Å². The van der Waals surface area contributed by atoms with Crippen molar-refractivity contribution in [1.82, 2.24) is 39.0 Å². The van der Waals surface area contributed by atoms with Gasteiger partial charge in [-0.1, -0.05) is 66.7 Å². The molecule has 71 heavy (non-hydrogen) atoms. The lowest BCUT2D eigenvalue weighted by molar-refractivity contribution is -0.385. The Morgan fingerprint density at radius 2 is 1.30 bits per heavy atom. The van der Waals surface area contributed by atoms with E-state index < -0.39 is 86.0 Å². The van der Waals surface area contributed by atoms with E-state index in [9.17, 15) is 34.5 Å². The molecule has 12 bridgehead atoms. The summed E-state index contributed by atoms with van der Waals surface area (Å²) in [7, 11) is 0. The van der Waals surface area contributed by atoms with Crippen molar-refractivity contribution in [2.45, 2.75) is 55.0 Å². The second-order valence-corrected chi connectivity index (χ2v) is 20.3. The van der Waals surface area contributed by atoms with E-state index >= 15 is 8.78 Å². The third-order valence-electron chi connectivity index (χ3n) is 12.0. The van der Waals surface area contributed by atoms with E-state index in [4.69, 9.17) is 18.5 Å². The molecule has 3 aromatic carbocycles. The number of benzene rings is 3. The summed E-state index contributed by atoms with van der Waals surface area (Å²) in [6.07, 6.45) is -6.57. The minimum Gasteiger partial charge on any atom is -0.394 e. The molecule has 2 fully saturated rings. The highest BCUT2D eigenvalue weighted by molar-refractivity contribution is 8.54. The van der Waals surface area contributed by atoms with Gasteiger partial charge in [0, 0.05) is 41.6 Å². The molecule has 3 aliphatic heterocycles. The third-order valence-corrected chi connectivity index (χ3v) is 15.6. The quantitative estimate of drug-likeness (QED) is 0.0838. The van der Waals surface area contributed by atoms with Gasteiger partial charge in [-0.2, -0.15) is 0 Å². The second-order valence-electron chi connectivity index (χ2n) is 16.2. The first kappa shape index (κ1) is 47.7. The van der Waals surface area contributed by atoms with Crippen LogP contribution in [0.5, 0.6) is 0 Å². The molecule has 9 atom stereocenters. The topological polar surface area (TPSA) is 265 Å². The highest BCUT2D eigenvalue weighted by Gasteiger charge is 2.52. The van der Waals surface area contributed by atoms with Gasteiger partial charge in [0.2, 0.25) is 0 Å². The van der Waals surface area contributed by atoms with Crippen LogP contribution in [0, 0.1) is 10.1 Å². The number of carbonyl (C=O) groups is 2. The van der Waals surface area contributed by atoms with E-state index in [1.54, 1.807) is 72.8 Å². The molecule has 2 saturated heterocycles. The van der Waals surface area contributed by atoms with Crippen LogP contribution in [0.2, 0.25) is 0 Å². The number of nitro groups is 1. The van der Waals surface area contributed by atoms with Crippen molar-refractivity contribution in [3.63, 3.8) is 0 Å². The van der Waals surface area contributed by atoms with Crippen LogP contribution in [-0.4, -0.2) is 129 Å². The highest BCUT2D eigenvalue weighted by Crippen LogP contribution is 2.64. The van der Waals surface area contributed by atoms with E-state index in [-0.39, 0.29) is 75.2 Å². The molecule has 7 heterocycles. The second kappa shape index (κ2) is 20.0. The lowest BCUT2D eigenvalue weighted by atomic mass is 10.1. The van der Waals surface area contributed by atoms with Gasteiger partial charge in [-0.25, -0.2) is 43.2 Å². The summed E-state index contributed by atoms with van der Waals surface area (Å²) < 4.78 is 74.6. The number of nitrogens with zero attached hydrogens (tertiary/aromatic N) is 11. The molecular formula is C45H40F2N11O11PS. The molecule has 22 nitrogen and oxygen atoms in total. The minimum atomic E-state index is -4.79. The molecular weight excluding hydrogens is 972 g/mol. The maximum atomic E-state index is 17.1. The monoisotopic (exact) mass is 1010 g/mol. The molecule has 10 rings (SSSR count). The number of rotatable bonds is 7. The molecule has 366 valence electrons. The van der Waals surface area contributed by atoms with Crippen molar-refractivity contribution in [1.29, 1.82) is 0 Å². The maximum absolute atomic E-state index is 17.1.